The number of carbonyl (C=O) groups excluding carboxylic acids is 17. The van der Waals surface area contributed by atoms with Crippen LogP contribution in [0.4, 0.5) is 0 Å². The molecule has 1 saturated heterocycles. The molecule has 0 saturated carbocycles. The molecular weight excluding hydrogens is 1710 g/mol. The Bertz CT molecular complexity index is 4090. The van der Waals surface area contributed by atoms with Gasteiger partial charge in [-0.25, -0.2) is 4.79 Å². The van der Waals surface area contributed by atoms with E-state index in [1.165, 1.54) is 48.4 Å². The fraction of sp³-hybridized carbons (Fsp3) is 0.646. The molecule has 1 aromatic carbocycles. The summed E-state index contributed by atoms with van der Waals surface area (Å²) >= 11 is 3.78. The van der Waals surface area contributed by atoms with Crippen LogP contribution in [-0.2, 0) is 102 Å². The van der Waals surface area contributed by atoms with Gasteiger partial charge in [0.1, 0.15) is 84.6 Å². The number of carboxylic acids is 3. The van der Waals surface area contributed by atoms with Gasteiger partial charge in [-0.3, -0.25) is 91.1 Å². The number of aliphatic carboxylic acids is 3. The standard InChI is InChI=1S/C79H126N20O24S3/c1-40(2)34-45(81)66(109)88-50(21-25-64(106)107)70(113)98-58(39-100)76(119)93-53(28-33-126-8)73(116)95-55(35-41(3)4)74(117)91-49(20-24-63(104)105)67(110)86-42(5)65(108)87-51(26-31-124-6)71(114)89-47(16-11-12-29-80)68(111)92-52(27-32-125-7)72(115)90-48(18-22-60(82)101)69(112)96-56(36-43-38-85-46-15-10-9-14-44(43)46)75(118)97-57(37-62(84)103)78(121)99-30-13-17-59(99)77(120)94-54(79(122)123)19-23-61(83)102/h9-10,14-15,38,40-42,45,47-59,85,100H,11-13,16-37,39,80-81H2,1-8H3,(H2,82,101)(H2,83,102)(H2,84,103)(H,86,110)(H,87,108)(H,88,109)(H,89,114)(H,90,115)(H,91,117)(H,92,111)(H,93,119)(H,94,120)(H,95,116)(H,96,112)(H,97,118)(H,98,113)(H,104,105)(H,106,107)(H,122,123)/t42-,45-,47-,48-,49-,50-,51-,52-,53-,54-,55-,56-,57-,58-,59-/m0/s1. The lowest BCUT2D eigenvalue weighted by atomic mass is 10.0. The molecule has 1 aliphatic heterocycles. The lowest BCUT2D eigenvalue weighted by molar-refractivity contribution is -0.145. The average molecular weight is 1840 g/mol. The van der Waals surface area contributed by atoms with E-state index in [1.54, 1.807) is 70.7 Å². The van der Waals surface area contributed by atoms with Gasteiger partial charge in [-0.05, 0) is 163 Å². The van der Waals surface area contributed by atoms with E-state index in [9.17, 15) is 116 Å². The number of rotatable bonds is 62. The second-order valence-corrected chi connectivity index (χ2v) is 34.2. The molecule has 17 amide bonds. The van der Waals surface area contributed by atoms with E-state index in [0.29, 0.717) is 22.9 Å². The SMILES string of the molecule is CSCC[C@H](NC(=O)[C@H](C)NC(=O)[C@H](CCC(=O)O)NC(=O)[C@H](CC(C)C)NC(=O)[C@H](CCSC)NC(=O)[C@H](CO)NC(=O)[C@H](CCC(=O)O)NC(=O)[C@@H](N)CC(C)C)C(=O)N[C@@H](CCCCN)C(=O)N[C@@H](CCSC)C(=O)N[C@@H](CCC(N)=O)C(=O)N[C@@H](Cc1c[nH]c2ccccc12)C(=O)N[C@@H](CC(N)=O)C(=O)N1CCC[C@H]1C(=O)N[C@@H](CCC(N)=O)C(=O)O. The van der Waals surface area contributed by atoms with E-state index >= 15 is 0 Å². The summed E-state index contributed by atoms with van der Waals surface area (Å²) in [6.07, 6.45) is 1.68. The molecule has 704 valence electrons. The molecule has 15 atom stereocenters. The zero-order valence-electron chi connectivity index (χ0n) is 72.1. The third kappa shape index (κ3) is 39.3. The third-order valence-corrected chi connectivity index (χ3v) is 22.0. The summed E-state index contributed by atoms with van der Waals surface area (Å²) in [6, 6.07) is -16.4. The summed E-state index contributed by atoms with van der Waals surface area (Å²) in [5.74, 6) is -20.8. The van der Waals surface area contributed by atoms with Crippen LogP contribution in [0.5, 0.6) is 0 Å². The van der Waals surface area contributed by atoms with Crippen LogP contribution >= 0.6 is 35.3 Å². The number of amides is 17. The number of primary amides is 3. The van der Waals surface area contributed by atoms with E-state index < -0.39 is 267 Å². The summed E-state index contributed by atoms with van der Waals surface area (Å²) in [5.41, 5.74) is 29.3. The number of aromatic nitrogens is 1. The first-order valence-corrected chi connectivity index (χ1v) is 45.5. The summed E-state index contributed by atoms with van der Waals surface area (Å²) in [4.78, 5) is 276. The first-order valence-electron chi connectivity index (χ1n) is 41.3. The number of likely N-dealkylation sites (tertiary alicyclic amines) is 1. The highest BCUT2D eigenvalue weighted by molar-refractivity contribution is 7.99. The van der Waals surface area contributed by atoms with Gasteiger partial charge >= 0.3 is 17.9 Å². The second-order valence-electron chi connectivity index (χ2n) is 31.3. The number of hydrogen-bond acceptors (Lipinski definition) is 26. The van der Waals surface area contributed by atoms with E-state index in [4.69, 9.17) is 28.7 Å². The van der Waals surface area contributed by atoms with Gasteiger partial charge in [0.15, 0.2) is 0 Å². The molecule has 2 aromatic rings. The molecule has 1 aromatic heterocycles. The molecule has 0 aliphatic carbocycles. The van der Waals surface area contributed by atoms with E-state index in [-0.39, 0.29) is 113 Å². The van der Waals surface area contributed by atoms with Crippen molar-refractivity contribution in [3.05, 3.63) is 36.0 Å². The maximum Gasteiger partial charge on any atom is 0.326 e. The molecule has 126 heavy (non-hydrogen) atoms. The van der Waals surface area contributed by atoms with Crippen molar-refractivity contribution in [2.75, 3.05) is 55.7 Å². The highest BCUT2D eigenvalue weighted by atomic mass is 32.2. The Morgan fingerprint density at radius 3 is 1.28 bits per heavy atom. The number of hydrogen-bond donors (Lipinski definition) is 23. The largest absolute Gasteiger partial charge is 0.481 e. The van der Waals surface area contributed by atoms with Crippen LogP contribution in [0.15, 0.2) is 30.5 Å². The van der Waals surface area contributed by atoms with Crippen LogP contribution in [0.25, 0.3) is 10.9 Å². The number of fused-ring (bicyclic) bond motifs is 1. The van der Waals surface area contributed by atoms with Crippen molar-refractivity contribution in [2.24, 2.45) is 40.5 Å². The predicted molar refractivity (Wildman–Crippen MR) is 465 cm³/mol. The minimum absolute atomic E-state index is 0.00914. The molecular formula is C79H126N20O24S3. The van der Waals surface area contributed by atoms with Crippen LogP contribution in [0.1, 0.15) is 162 Å². The Balaban J connectivity index is 1.94. The average Bonchev–Trinajstić information content (AvgIpc) is 1.65. The second kappa shape index (κ2) is 56.9. The van der Waals surface area contributed by atoms with Crippen LogP contribution in [0, 0.1) is 11.8 Å². The van der Waals surface area contributed by atoms with Gasteiger partial charge in [-0.1, -0.05) is 45.9 Å². The fourth-order valence-electron chi connectivity index (χ4n) is 13.3. The number of nitrogens with zero attached hydrogens (tertiary/aromatic N) is 1. The number of aromatic amines is 1. The zero-order valence-corrected chi connectivity index (χ0v) is 74.5. The van der Waals surface area contributed by atoms with E-state index in [2.05, 4.69) is 74.1 Å². The van der Waals surface area contributed by atoms with Crippen molar-refractivity contribution in [2.45, 2.75) is 254 Å². The minimum atomic E-state index is -1.81. The lowest BCUT2D eigenvalue weighted by Gasteiger charge is -2.30. The lowest BCUT2D eigenvalue weighted by Crippen LogP contribution is -2.61. The molecule has 0 spiro atoms. The molecule has 44 nitrogen and oxygen atoms in total. The molecule has 0 bridgehead atoms. The molecule has 3 rings (SSSR count). The first-order chi connectivity index (χ1) is 59.5. The summed E-state index contributed by atoms with van der Waals surface area (Å²) < 4.78 is 0. The van der Waals surface area contributed by atoms with Crippen LogP contribution in [-0.4, -0.2) is 295 Å². The normalized spacial score (nSPS) is 15.8. The number of thioether (sulfide) groups is 3. The van der Waals surface area contributed by atoms with Gasteiger partial charge in [0.2, 0.25) is 100 Å². The van der Waals surface area contributed by atoms with E-state index in [0.717, 1.165) is 4.90 Å². The maximum absolute atomic E-state index is 14.8. The topological polar surface area (TPSA) is 728 Å². The number of unbranched alkanes of at least 4 members (excludes halogenated alkanes) is 1. The van der Waals surface area contributed by atoms with Gasteiger partial charge < -0.3 is 128 Å². The minimum Gasteiger partial charge on any atom is -0.481 e. The summed E-state index contributed by atoms with van der Waals surface area (Å²) in [5, 5.41) is 72.3. The monoisotopic (exact) mass is 1830 g/mol. The molecule has 1 aliphatic rings. The van der Waals surface area contributed by atoms with Gasteiger partial charge in [0.25, 0.3) is 0 Å². The zero-order chi connectivity index (χ0) is 94.6. The number of carboxylic acid groups (broad SMARTS) is 3. The number of aliphatic hydroxyl groups excluding tert-OH is 1. The Kier molecular flexibility index (Phi) is 49.4. The molecule has 0 radical (unpaired) electrons. The molecule has 28 N–H and O–H groups in total. The number of H-pyrrole nitrogens is 1. The van der Waals surface area contributed by atoms with E-state index in [1.807, 2.05) is 0 Å². The fourth-order valence-corrected chi connectivity index (χ4v) is 14.7. The molecule has 0 unspecified atom stereocenters. The Morgan fingerprint density at radius 1 is 0.444 bits per heavy atom. The molecule has 2 heterocycles. The van der Waals surface area contributed by atoms with Crippen molar-refractivity contribution < 1.29 is 116 Å². The highest BCUT2D eigenvalue weighted by Gasteiger charge is 2.43. The Hall–Kier alpha value is -10.9. The first kappa shape index (κ1) is 109. The van der Waals surface area contributed by atoms with Crippen molar-refractivity contribution in [3.63, 3.8) is 0 Å². The summed E-state index contributed by atoms with van der Waals surface area (Å²) in [6.45, 7) is 7.16. The number of benzene rings is 1. The maximum atomic E-state index is 14.8. The summed E-state index contributed by atoms with van der Waals surface area (Å²) in [7, 11) is 0. The van der Waals surface area contributed by atoms with Crippen molar-refractivity contribution in [3.8, 4) is 0 Å². The Labute approximate surface area is 742 Å². The number of para-hydroxylation sites is 1. The quantitative estimate of drug-likeness (QED) is 0.0276. The molecule has 47 heteroatoms. The number of nitrogens with two attached hydrogens (primary N) is 5. The Morgan fingerprint density at radius 2 is 0.833 bits per heavy atom. The predicted octanol–water partition coefficient (Wildman–Crippen LogP) is -4.96. The molecule has 1 fully saturated rings. The number of aliphatic hydroxyl groups is 1. The van der Waals surface area contributed by atoms with Crippen LogP contribution in [0.3, 0.4) is 0 Å². The van der Waals surface area contributed by atoms with Crippen LogP contribution in [0.2, 0.25) is 0 Å². The van der Waals surface area contributed by atoms with Gasteiger partial charge in [0.05, 0.1) is 19.1 Å². The van der Waals surface area contributed by atoms with Gasteiger partial charge in [-0.15, -0.1) is 0 Å². The van der Waals surface area contributed by atoms with Crippen molar-refractivity contribution in [1.29, 1.82) is 0 Å². The van der Waals surface area contributed by atoms with Crippen molar-refractivity contribution >= 4 is 165 Å². The van der Waals surface area contributed by atoms with Crippen LogP contribution < -0.4 is 97.8 Å². The smallest absolute Gasteiger partial charge is 0.326 e. The number of carbonyl (C=O) groups is 20. The van der Waals surface area contributed by atoms with Gasteiger partial charge in [0, 0.05) is 55.7 Å². The number of nitrogens with one attached hydrogen (secondary N) is 14. The van der Waals surface area contributed by atoms with Crippen molar-refractivity contribution in [1.82, 2.24) is 79.0 Å². The third-order valence-electron chi connectivity index (χ3n) is 20.0. The van der Waals surface area contributed by atoms with Gasteiger partial charge in [-0.2, -0.15) is 35.3 Å². The highest BCUT2D eigenvalue weighted by Crippen LogP contribution is 2.23.